The van der Waals surface area contributed by atoms with Crippen LogP contribution in [0.25, 0.3) is 11.4 Å². The van der Waals surface area contributed by atoms with Crippen molar-refractivity contribution >= 4 is 17.7 Å². The molecule has 0 radical (unpaired) electrons. The van der Waals surface area contributed by atoms with Gasteiger partial charge in [0, 0.05) is 10.5 Å². The highest BCUT2D eigenvalue weighted by atomic mass is 32.2. The SMILES string of the molecule is O=C(O)c1cccc(-c2noc(C3Cc4ccccc4S3)n2)c1. The fourth-order valence-corrected chi connectivity index (χ4v) is 3.82. The highest BCUT2D eigenvalue weighted by Gasteiger charge is 2.28. The number of fused-ring (bicyclic) bond motifs is 1. The molecule has 1 aliphatic heterocycles. The second-order valence-corrected chi connectivity index (χ2v) is 6.51. The minimum Gasteiger partial charge on any atom is -0.478 e. The highest BCUT2D eigenvalue weighted by Crippen LogP contribution is 2.45. The third-order valence-electron chi connectivity index (χ3n) is 3.73. The zero-order valence-corrected chi connectivity index (χ0v) is 12.8. The Hall–Kier alpha value is -2.60. The van der Waals surface area contributed by atoms with Crippen molar-refractivity contribution in [1.82, 2.24) is 10.1 Å². The van der Waals surface area contributed by atoms with Gasteiger partial charge in [0.15, 0.2) is 0 Å². The normalized spacial score (nSPS) is 16.3. The second-order valence-electron chi connectivity index (χ2n) is 5.26. The van der Waals surface area contributed by atoms with E-state index in [1.54, 1.807) is 30.0 Å². The molecule has 1 N–H and O–H groups in total. The number of aromatic carboxylic acids is 1. The average molecular weight is 324 g/mol. The number of carboxylic acids is 1. The van der Waals surface area contributed by atoms with Crippen LogP contribution in [0.2, 0.25) is 0 Å². The smallest absolute Gasteiger partial charge is 0.335 e. The quantitative estimate of drug-likeness (QED) is 0.789. The fraction of sp³-hybridized carbons (Fsp3) is 0.118. The molecule has 1 atom stereocenters. The zero-order valence-electron chi connectivity index (χ0n) is 12.0. The maximum absolute atomic E-state index is 11.1. The van der Waals surface area contributed by atoms with Crippen LogP contribution in [0.1, 0.15) is 27.1 Å². The molecule has 2 aromatic carbocycles. The molecule has 1 aromatic heterocycles. The van der Waals surface area contributed by atoms with Crippen LogP contribution in [0, 0.1) is 0 Å². The third-order valence-corrected chi connectivity index (χ3v) is 5.04. The summed E-state index contributed by atoms with van der Waals surface area (Å²) < 4.78 is 5.41. The molecule has 0 amide bonds. The lowest BCUT2D eigenvalue weighted by molar-refractivity contribution is 0.0697. The number of rotatable bonds is 3. The molecular weight excluding hydrogens is 312 g/mol. The lowest BCUT2D eigenvalue weighted by Gasteiger charge is -2.00. The van der Waals surface area contributed by atoms with Gasteiger partial charge in [0.1, 0.15) is 0 Å². The van der Waals surface area contributed by atoms with Crippen LogP contribution in [-0.4, -0.2) is 21.2 Å². The zero-order chi connectivity index (χ0) is 15.8. The summed E-state index contributed by atoms with van der Waals surface area (Å²) >= 11 is 1.72. The molecule has 0 saturated heterocycles. The monoisotopic (exact) mass is 324 g/mol. The largest absolute Gasteiger partial charge is 0.478 e. The molecule has 23 heavy (non-hydrogen) atoms. The first kappa shape index (κ1) is 14.0. The number of carboxylic acid groups (broad SMARTS) is 1. The van der Waals surface area contributed by atoms with Crippen molar-refractivity contribution in [1.29, 1.82) is 0 Å². The van der Waals surface area contributed by atoms with Crippen molar-refractivity contribution in [3.63, 3.8) is 0 Å². The molecule has 4 rings (SSSR count). The average Bonchev–Trinajstić information content (AvgIpc) is 3.21. The fourth-order valence-electron chi connectivity index (χ4n) is 2.59. The molecule has 114 valence electrons. The van der Waals surface area contributed by atoms with Crippen LogP contribution in [0.5, 0.6) is 0 Å². The van der Waals surface area contributed by atoms with Gasteiger partial charge in [-0.15, -0.1) is 11.8 Å². The van der Waals surface area contributed by atoms with Gasteiger partial charge < -0.3 is 9.63 Å². The van der Waals surface area contributed by atoms with Gasteiger partial charge in [-0.05, 0) is 30.2 Å². The van der Waals surface area contributed by atoms with Gasteiger partial charge in [0.2, 0.25) is 11.7 Å². The second kappa shape index (κ2) is 5.55. The first-order valence-corrected chi connectivity index (χ1v) is 8.00. The molecule has 3 aromatic rings. The number of aromatic nitrogens is 2. The number of hydrogen-bond acceptors (Lipinski definition) is 5. The predicted octanol–water partition coefficient (Wildman–Crippen LogP) is 3.82. The van der Waals surface area contributed by atoms with Crippen molar-refractivity contribution in [2.45, 2.75) is 16.6 Å². The molecule has 0 saturated carbocycles. The van der Waals surface area contributed by atoms with Crippen LogP contribution in [0.4, 0.5) is 0 Å². The molecule has 5 nitrogen and oxygen atoms in total. The van der Waals surface area contributed by atoms with E-state index in [2.05, 4.69) is 22.3 Å². The number of thioether (sulfide) groups is 1. The molecule has 0 spiro atoms. The van der Waals surface area contributed by atoms with Gasteiger partial charge in [-0.1, -0.05) is 35.5 Å². The number of nitrogens with zero attached hydrogens (tertiary/aromatic N) is 2. The van der Waals surface area contributed by atoms with E-state index in [1.807, 2.05) is 12.1 Å². The summed E-state index contributed by atoms with van der Waals surface area (Å²) in [7, 11) is 0. The maximum Gasteiger partial charge on any atom is 0.335 e. The molecule has 1 aliphatic rings. The number of carbonyl (C=O) groups is 1. The molecule has 0 fully saturated rings. The maximum atomic E-state index is 11.1. The van der Waals surface area contributed by atoms with Crippen molar-refractivity contribution in [3.05, 3.63) is 65.5 Å². The summed E-state index contributed by atoms with van der Waals surface area (Å²) in [5.41, 5.74) is 2.13. The Labute approximate surface area is 136 Å². The highest BCUT2D eigenvalue weighted by molar-refractivity contribution is 7.99. The van der Waals surface area contributed by atoms with Crippen molar-refractivity contribution in [2.24, 2.45) is 0 Å². The first-order valence-electron chi connectivity index (χ1n) is 7.12. The topological polar surface area (TPSA) is 76.2 Å². The summed E-state index contributed by atoms with van der Waals surface area (Å²) in [6, 6.07) is 14.8. The Morgan fingerprint density at radius 2 is 2.09 bits per heavy atom. The van der Waals surface area contributed by atoms with E-state index in [0.717, 1.165) is 6.42 Å². The van der Waals surface area contributed by atoms with E-state index >= 15 is 0 Å². The van der Waals surface area contributed by atoms with Gasteiger partial charge in [-0.25, -0.2) is 4.79 Å². The van der Waals surface area contributed by atoms with Gasteiger partial charge in [-0.3, -0.25) is 0 Å². The van der Waals surface area contributed by atoms with E-state index in [-0.39, 0.29) is 10.8 Å². The van der Waals surface area contributed by atoms with Gasteiger partial charge in [0.05, 0.1) is 10.8 Å². The summed E-state index contributed by atoms with van der Waals surface area (Å²) in [6.45, 7) is 0. The van der Waals surface area contributed by atoms with E-state index in [9.17, 15) is 4.79 Å². The van der Waals surface area contributed by atoms with E-state index in [0.29, 0.717) is 17.3 Å². The van der Waals surface area contributed by atoms with Crippen LogP contribution in [0.15, 0.2) is 57.9 Å². The summed E-state index contributed by atoms with van der Waals surface area (Å²) in [5.74, 6) is 0.0129. The molecule has 1 unspecified atom stereocenters. The lowest BCUT2D eigenvalue weighted by Crippen LogP contribution is -1.96. The molecule has 0 bridgehead atoms. The van der Waals surface area contributed by atoms with Crippen LogP contribution < -0.4 is 0 Å². The standard InChI is InChI=1S/C17H12N2O3S/c20-17(21)12-6-3-5-11(8-12)15-18-16(22-19-15)14-9-10-4-1-2-7-13(10)23-14/h1-8,14H,9H2,(H,20,21). The van der Waals surface area contributed by atoms with Crippen LogP contribution >= 0.6 is 11.8 Å². The molecule has 6 heteroatoms. The minimum absolute atomic E-state index is 0.108. The summed E-state index contributed by atoms with van der Waals surface area (Å²) in [5, 5.41) is 13.2. The Morgan fingerprint density at radius 1 is 1.22 bits per heavy atom. The van der Waals surface area contributed by atoms with Crippen molar-refractivity contribution in [3.8, 4) is 11.4 Å². The van der Waals surface area contributed by atoms with Gasteiger partial charge in [-0.2, -0.15) is 4.98 Å². The Bertz CT molecular complexity index is 866. The van der Waals surface area contributed by atoms with Crippen LogP contribution in [0.3, 0.4) is 0 Å². The van der Waals surface area contributed by atoms with E-state index in [4.69, 9.17) is 9.63 Å². The molecule has 2 heterocycles. The third kappa shape index (κ3) is 2.61. The number of hydrogen-bond donors (Lipinski definition) is 1. The van der Waals surface area contributed by atoms with E-state index < -0.39 is 5.97 Å². The Kier molecular flexibility index (Phi) is 3.38. The molecule has 0 aliphatic carbocycles. The predicted molar refractivity (Wildman–Crippen MR) is 85.4 cm³/mol. The molecular formula is C17H12N2O3S. The Balaban J connectivity index is 1.61. The summed E-state index contributed by atoms with van der Waals surface area (Å²) in [6.07, 6.45) is 0.859. The van der Waals surface area contributed by atoms with Crippen molar-refractivity contribution in [2.75, 3.05) is 0 Å². The minimum atomic E-state index is -0.975. The van der Waals surface area contributed by atoms with Gasteiger partial charge in [0.25, 0.3) is 0 Å². The Morgan fingerprint density at radius 3 is 2.91 bits per heavy atom. The number of benzene rings is 2. The van der Waals surface area contributed by atoms with E-state index in [1.165, 1.54) is 16.5 Å². The first-order chi connectivity index (χ1) is 11.2. The van der Waals surface area contributed by atoms with Gasteiger partial charge >= 0.3 is 5.97 Å². The lowest BCUT2D eigenvalue weighted by atomic mass is 10.1. The summed E-state index contributed by atoms with van der Waals surface area (Å²) in [4.78, 5) is 16.8. The van der Waals surface area contributed by atoms with Crippen LogP contribution in [-0.2, 0) is 6.42 Å². The van der Waals surface area contributed by atoms with Crippen molar-refractivity contribution < 1.29 is 14.4 Å².